The molecule has 0 amide bonds. The molecular weight excluding hydrogens is 263 g/mol. The molecule has 1 aromatic rings. The van der Waals surface area contributed by atoms with Crippen LogP contribution in [0.3, 0.4) is 0 Å². The summed E-state index contributed by atoms with van der Waals surface area (Å²) in [6, 6.07) is 2.19. The van der Waals surface area contributed by atoms with E-state index in [1.54, 1.807) is 7.05 Å². The number of halogens is 3. The second kappa shape index (κ2) is 6.12. The quantitative estimate of drug-likeness (QED) is 0.865. The van der Waals surface area contributed by atoms with Crippen molar-refractivity contribution in [3.05, 3.63) is 23.3 Å². The molecule has 1 atom stereocenters. The van der Waals surface area contributed by atoms with Gasteiger partial charge in [0.2, 0.25) is 0 Å². The highest BCUT2D eigenvalue weighted by molar-refractivity contribution is 5.51. The number of alkyl halides is 3. The maximum Gasteiger partial charge on any atom is 0.420 e. The van der Waals surface area contributed by atoms with Crippen LogP contribution in [0.2, 0.25) is 0 Å². The fourth-order valence-electron chi connectivity index (χ4n) is 1.70. The summed E-state index contributed by atoms with van der Waals surface area (Å²) in [5, 5.41) is 12.5. The summed E-state index contributed by atoms with van der Waals surface area (Å²) in [6.45, 7) is 0.132. The molecule has 19 heavy (non-hydrogen) atoms. The molecule has 1 aromatic carbocycles. The molecule has 0 fully saturated rings. The van der Waals surface area contributed by atoms with E-state index >= 15 is 0 Å². The van der Waals surface area contributed by atoms with Gasteiger partial charge in [0.1, 0.15) is 5.56 Å². The number of nitrogens with one attached hydrogen (secondary N) is 1. The van der Waals surface area contributed by atoms with Gasteiger partial charge in [0.05, 0.1) is 20.3 Å². The van der Waals surface area contributed by atoms with Crippen LogP contribution in [0.1, 0.15) is 17.2 Å². The van der Waals surface area contributed by atoms with E-state index in [-0.39, 0.29) is 17.9 Å². The van der Waals surface area contributed by atoms with Gasteiger partial charge in [0.15, 0.2) is 11.5 Å². The van der Waals surface area contributed by atoms with Gasteiger partial charge >= 0.3 is 6.18 Å². The predicted molar refractivity (Wildman–Crippen MR) is 63.4 cm³/mol. The zero-order chi connectivity index (χ0) is 14.6. The Morgan fingerprint density at radius 2 is 1.89 bits per heavy atom. The van der Waals surface area contributed by atoms with Crippen LogP contribution in [0.15, 0.2) is 12.1 Å². The van der Waals surface area contributed by atoms with Crippen LogP contribution in [-0.4, -0.2) is 32.9 Å². The topological polar surface area (TPSA) is 50.7 Å². The van der Waals surface area contributed by atoms with E-state index in [9.17, 15) is 18.3 Å². The monoisotopic (exact) mass is 279 g/mol. The fraction of sp³-hybridized carbons (Fsp3) is 0.500. The lowest BCUT2D eigenvalue weighted by Crippen LogP contribution is -2.18. The highest BCUT2D eigenvalue weighted by atomic mass is 19.4. The number of hydrogen-bond donors (Lipinski definition) is 2. The van der Waals surface area contributed by atoms with E-state index in [1.165, 1.54) is 13.2 Å². The Kier molecular flexibility index (Phi) is 5.02. The maximum atomic E-state index is 12.9. The standard InChI is InChI=1S/C12H16F3NO3/c1-16-6-9(17)7-4-8(12(13,14)15)11(19-3)10(5-7)18-2/h4-5,9,16-17H,6H2,1-3H3. The van der Waals surface area contributed by atoms with Gasteiger partial charge < -0.3 is 19.9 Å². The van der Waals surface area contributed by atoms with Crippen LogP contribution in [0.4, 0.5) is 13.2 Å². The average molecular weight is 279 g/mol. The van der Waals surface area contributed by atoms with Crippen molar-refractivity contribution < 1.29 is 27.8 Å². The minimum atomic E-state index is -4.59. The van der Waals surface area contributed by atoms with Crippen molar-refractivity contribution in [1.82, 2.24) is 5.32 Å². The first kappa shape index (κ1) is 15.6. The molecule has 108 valence electrons. The highest BCUT2D eigenvalue weighted by Crippen LogP contribution is 2.43. The van der Waals surface area contributed by atoms with E-state index < -0.39 is 23.6 Å². The Hall–Kier alpha value is -1.47. The third kappa shape index (κ3) is 3.51. The molecule has 0 saturated carbocycles. The first-order valence-corrected chi connectivity index (χ1v) is 5.51. The van der Waals surface area contributed by atoms with Gasteiger partial charge in [-0.1, -0.05) is 0 Å². The number of aliphatic hydroxyl groups excluding tert-OH is 1. The number of aliphatic hydroxyl groups is 1. The number of rotatable bonds is 5. The van der Waals surface area contributed by atoms with Crippen molar-refractivity contribution in [3.8, 4) is 11.5 Å². The lowest BCUT2D eigenvalue weighted by Gasteiger charge is -2.19. The molecule has 4 nitrogen and oxygen atoms in total. The predicted octanol–water partition coefficient (Wildman–Crippen LogP) is 1.98. The van der Waals surface area contributed by atoms with Gasteiger partial charge in [-0.05, 0) is 24.7 Å². The lowest BCUT2D eigenvalue weighted by molar-refractivity contribution is -0.139. The van der Waals surface area contributed by atoms with Gasteiger partial charge in [-0.25, -0.2) is 0 Å². The summed E-state index contributed by atoms with van der Waals surface area (Å²) >= 11 is 0. The van der Waals surface area contributed by atoms with Crippen molar-refractivity contribution in [2.75, 3.05) is 27.8 Å². The maximum absolute atomic E-state index is 12.9. The van der Waals surface area contributed by atoms with Crippen molar-refractivity contribution in [1.29, 1.82) is 0 Å². The van der Waals surface area contributed by atoms with Gasteiger partial charge in [-0.3, -0.25) is 0 Å². The summed E-state index contributed by atoms with van der Waals surface area (Å²) < 4.78 is 48.5. The van der Waals surface area contributed by atoms with Crippen molar-refractivity contribution in [2.24, 2.45) is 0 Å². The minimum absolute atomic E-state index is 0.0671. The number of likely N-dealkylation sites (N-methyl/N-ethyl adjacent to an activating group) is 1. The molecule has 0 aliphatic heterocycles. The molecule has 2 N–H and O–H groups in total. The summed E-state index contributed by atoms with van der Waals surface area (Å²) in [4.78, 5) is 0. The Morgan fingerprint density at radius 1 is 1.26 bits per heavy atom. The zero-order valence-electron chi connectivity index (χ0n) is 10.8. The molecule has 1 rings (SSSR count). The Labute approximate surface area is 109 Å². The smallest absolute Gasteiger partial charge is 0.420 e. The van der Waals surface area contributed by atoms with Crippen molar-refractivity contribution in [2.45, 2.75) is 12.3 Å². The molecule has 0 aliphatic carbocycles. The highest BCUT2D eigenvalue weighted by Gasteiger charge is 2.36. The Morgan fingerprint density at radius 3 is 2.32 bits per heavy atom. The van der Waals surface area contributed by atoms with E-state index in [4.69, 9.17) is 9.47 Å². The number of methoxy groups -OCH3 is 2. The van der Waals surface area contributed by atoms with Gasteiger partial charge in [0, 0.05) is 6.54 Å². The number of benzene rings is 1. The van der Waals surface area contributed by atoms with E-state index in [0.717, 1.165) is 13.2 Å². The summed E-state index contributed by atoms with van der Waals surface area (Å²) in [5.74, 6) is -0.460. The van der Waals surface area contributed by atoms with Gasteiger partial charge in [-0.2, -0.15) is 13.2 Å². The Balaban J connectivity index is 3.38. The summed E-state index contributed by atoms with van der Waals surface area (Å²) in [6.07, 6.45) is -5.65. The van der Waals surface area contributed by atoms with Crippen LogP contribution in [-0.2, 0) is 6.18 Å². The average Bonchev–Trinajstić information content (AvgIpc) is 2.36. The molecule has 0 aromatic heterocycles. The van der Waals surface area contributed by atoms with Crippen LogP contribution in [0.25, 0.3) is 0 Å². The number of hydrogen-bond acceptors (Lipinski definition) is 4. The van der Waals surface area contributed by atoms with Crippen molar-refractivity contribution >= 4 is 0 Å². The molecule has 0 aliphatic rings. The normalized spacial score (nSPS) is 13.2. The van der Waals surface area contributed by atoms with E-state index in [1.807, 2.05) is 0 Å². The zero-order valence-corrected chi connectivity index (χ0v) is 10.8. The second-order valence-corrected chi connectivity index (χ2v) is 3.88. The molecule has 0 bridgehead atoms. The first-order valence-electron chi connectivity index (χ1n) is 5.51. The SMILES string of the molecule is CNCC(O)c1cc(OC)c(OC)c(C(F)(F)F)c1. The lowest BCUT2D eigenvalue weighted by atomic mass is 10.0. The van der Waals surface area contributed by atoms with Crippen LogP contribution >= 0.6 is 0 Å². The third-order valence-electron chi connectivity index (χ3n) is 2.59. The minimum Gasteiger partial charge on any atom is -0.493 e. The van der Waals surface area contributed by atoms with Crippen LogP contribution < -0.4 is 14.8 Å². The molecule has 1 unspecified atom stereocenters. The number of ether oxygens (including phenoxy) is 2. The van der Waals surface area contributed by atoms with E-state index in [0.29, 0.717) is 0 Å². The van der Waals surface area contributed by atoms with Gasteiger partial charge in [0.25, 0.3) is 0 Å². The summed E-state index contributed by atoms with van der Waals surface area (Å²) in [7, 11) is 3.97. The second-order valence-electron chi connectivity index (χ2n) is 3.88. The largest absolute Gasteiger partial charge is 0.493 e. The third-order valence-corrected chi connectivity index (χ3v) is 2.59. The molecular formula is C12H16F3NO3. The van der Waals surface area contributed by atoms with Crippen LogP contribution in [0.5, 0.6) is 11.5 Å². The van der Waals surface area contributed by atoms with Crippen molar-refractivity contribution in [3.63, 3.8) is 0 Å². The van der Waals surface area contributed by atoms with Gasteiger partial charge in [-0.15, -0.1) is 0 Å². The first-order chi connectivity index (χ1) is 8.85. The summed E-state index contributed by atoms with van der Waals surface area (Å²) in [5.41, 5.74) is -0.862. The fourth-order valence-corrected chi connectivity index (χ4v) is 1.70. The molecule has 0 heterocycles. The molecule has 0 spiro atoms. The molecule has 7 heteroatoms. The van der Waals surface area contributed by atoms with E-state index in [2.05, 4.69) is 5.32 Å². The molecule has 0 radical (unpaired) electrons. The molecule has 0 saturated heterocycles. The Bertz CT molecular complexity index is 435. The van der Waals surface area contributed by atoms with Crippen LogP contribution in [0, 0.1) is 0 Å².